The summed E-state index contributed by atoms with van der Waals surface area (Å²) in [7, 11) is 0. The van der Waals surface area contributed by atoms with Crippen molar-refractivity contribution in [3.05, 3.63) is 0 Å². The van der Waals surface area contributed by atoms with Crippen molar-refractivity contribution in [2.45, 2.75) is 51.1 Å². The summed E-state index contributed by atoms with van der Waals surface area (Å²) in [5, 5.41) is 5.59. The third-order valence-corrected chi connectivity index (χ3v) is 3.54. The molecule has 1 heterocycles. The Labute approximate surface area is 89.8 Å². The minimum atomic E-state index is -0.298. The summed E-state index contributed by atoms with van der Waals surface area (Å²) in [6.45, 7) is 2.12. The quantitative estimate of drug-likeness (QED) is 0.670. The van der Waals surface area contributed by atoms with Gasteiger partial charge in [-0.3, -0.25) is 14.9 Å². The van der Waals surface area contributed by atoms with E-state index in [1.165, 1.54) is 25.7 Å². The van der Waals surface area contributed by atoms with E-state index in [9.17, 15) is 9.59 Å². The van der Waals surface area contributed by atoms with Gasteiger partial charge in [-0.2, -0.15) is 0 Å². The molecular formula is C11H18N2O2. The largest absolute Gasteiger partial charge is 0.303 e. The van der Waals surface area contributed by atoms with E-state index in [2.05, 4.69) is 17.6 Å². The molecular weight excluding hydrogens is 192 g/mol. The van der Waals surface area contributed by atoms with E-state index in [0.29, 0.717) is 18.4 Å². The molecule has 1 unspecified atom stereocenters. The SMILES string of the molecule is C[C@H](NC1CC(=O)NC1=O)C1CCCC1. The van der Waals surface area contributed by atoms with Crippen molar-refractivity contribution in [3.8, 4) is 0 Å². The topological polar surface area (TPSA) is 58.2 Å². The zero-order chi connectivity index (χ0) is 10.8. The van der Waals surface area contributed by atoms with E-state index >= 15 is 0 Å². The van der Waals surface area contributed by atoms with Gasteiger partial charge in [0.25, 0.3) is 0 Å². The van der Waals surface area contributed by atoms with Crippen LogP contribution in [0.5, 0.6) is 0 Å². The predicted molar refractivity (Wildman–Crippen MR) is 56.1 cm³/mol. The maximum Gasteiger partial charge on any atom is 0.244 e. The Morgan fingerprint density at radius 3 is 2.53 bits per heavy atom. The number of carbonyl (C=O) groups is 2. The number of carbonyl (C=O) groups excluding carboxylic acids is 2. The Balaban J connectivity index is 1.85. The first kappa shape index (κ1) is 10.6. The number of imide groups is 1. The normalized spacial score (nSPS) is 29.5. The van der Waals surface area contributed by atoms with Gasteiger partial charge in [-0.1, -0.05) is 12.8 Å². The van der Waals surface area contributed by atoms with Crippen LogP contribution in [0.4, 0.5) is 0 Å². The summed E-state index contributed by atoms with van der Waals surface area (Å²) in [5.41, 5.74) is 0. The van der Waals surface area contributed by atoms with Crippen molar-refractivity contribution in [1.82, 2.24) is 10.6 Å². The van der Waals surface area contributed by atoms with Crippen molar-refractivity contribution >= 4 is 11.8 Å². The highest BCUT2D eigenvalue weighted by Crippen LogP contribution is 2.27. The fourth-order valence-corrected chi connectivity index (χ4v) is 2.60. The Bertz CT molecular complexity index is 272. The molecule has 15 heavy (non-hydrogen) atoms. The van der Waals surface area contributed by atoms with Crippen molar-refractivity contribution < 1.29 is 9.59 Å². The Kier molecular flexibility index (Phi) is 3.05. The van der Waals surface area contributed by atoms with E-state index in [1.807, 2.05) is 0 Å². The number of amides is 2. The van der Waals surface area contributed by atoms with Gasteiger partial charge in [-0.05, 0) is 25.7 Å². The van der Waals surface area contributed by atoms with E-state index in [-0.39, 0.29) is 17.9 Å². The lowest BCUT2D eigenvalue weighted by molar-refractivity contribution is -0.125. The minimum Gasteiger partial charge on any atom is -0.303 e. The fourth-order valence-electron chi connectivity index (χ4n) is 2.60. The van der Waals surface area contributed by atoms with E-state index in [4.69, 9.17) is 0 Å². The molecule has 2 atom stereocenters. The average Bonchev–Trinajstić information content (AvgIpc) is 2.76. The lowest BCUT2D eigenvalue weighted by Crippen LogP contribution is -2.44. The molecule has 2 aliphatic rings. The summed E-state index contributed by atoms with van der Waals surface area (Å²) >= 11 is 0. The van der Waals surface area contributed by atoms with Crippen LogP contribution in [-0.4, -0.2) is 23.9 Å². The van der Waals surface area contributed by atoms with Crippen LogP contribution in [0.3, 0.4) is 0 Å². The van der Waals surface area contributed by atoms with Crippen LogP contribution < -0.4 is 10.6 Å². The van der Waals surface area contributed by atoms with Gasteiger partial charge >= 0.3 is 0 Å². The first-order chi connectivity index (χ1) is 7.16. The van der Waals surface area contributed by atoms with Crippen molar-refractivity contribution in [1.29, 1.82) is 0 Å². The lowest BCUT2D eigenvalue weighted by Gasteiger charge is -2.22. The van der Waals surface area contributed by atoms with Gasteiger partial charge in [0.1, 0.15) is 0 Å². The second kappa shape index (κ2) is 4.31. The Morgan fingerprint density at radius 1 is 1.33 bits per heavy atom. The molecule has 2 fully saturated rings. The Morgan fingerprint density at radius 2 is 2.00 bits per heavy atom. The zero-order valence-electron chi connectivity index (χ0n) is 9.08. The molecule has 0 aromatic rings. The molecule has 1 saturated carbocycles. The highest BCUT2D eigenvalue weighted by Gasteiger charge is 2.33. The van der Waals surface area contributed by atoms with Gasteiger partial charge in [0.05, 0.1) is 12.5 Å². The molecule has 2 rings (SSSR count). The van der Waals surface area contributed by atoms with Gasteiger partial charge in [0.15, 0.2) is 0 Å². The highest BCUT2D eigenvalue weighted by atomic mass is 16.2. The van der Waals surface area contributed by atoms with Crippen molar-refractivity contribution in [2.24, 2.45) is 5.92 Å². The molecule has 0 bridgehead atoms. The van der Waals surface area contributed by atoms with Gasteiger partial charge in [-0.25, -0.2) is 0 Å². The van der Waals surface area contributed by atoms with Crippen LogP contribution in [0.1, 0.15) is 39.0 Å². The molecule has 84 valence electrons. The average molecular weight is 210 g/mol. The molecule has 0 radical (unpaired) electrons. The highest BCUT2D eigenvalue weighted by molar-refractivity contribution is 6.05. The molecule has 0 spiro atoms. The minimum absolute atomic E-state index is 0.156. The number of nitrogens with one attached hydrogen (secondary N) is 2. The smallest absolute Gasteiger partial charge is 0.244 e. The molecule has 2 amide bonds. The van der Waals surface area contributed by atoms with Gasteiger partial charge in [0, 0.05) is 6.04 Å². The number of hydrogen-bond donors (Lipinski definition) is 2. The van der Waals surface area contributed by atoms with Crippen LogP contribution in [0.15, 0.2) is 0 Å². The second-order valence-corrected chi connectivity index (χ2v) is 4.67. The summed E-state index contributed by atoms with van der Waals surface area (Å²) in [5.74, 6) is 0.356. The van der Waals surface area contributed by atoms with Crippen molar-refractivity contribution in [3.63, 3.8) is 0 Å². The van der Waals surface area contributed by atoms with Gasteiger partial charge < -0.3 is 5.32 Å². The lowest BCUT2D eigenvalue weighted by atomic mass is 9.99. The standard InChI is InChI=1S/C11H18N2O2/c1-7(8-4-2-3-5-8)12-9-6-10(14)13-11(9)15/h7-9,12H,2-6H2,1H3,(H,13,14,15)/t7-,9?/m0/s1. The first-order valence-electron chi connectivity index (χ1n) is 5.76. The predicted octanol–water partition coefficient (Wildman–Crippen LogP) is 0.570. The first-order valence-corrected chi connectivity index (χ1v) is 5.76. The summed E-state index contributed by atoms with van der Waals surface area (Å²) in [4.78, 5) is 22.3. The van der Waals surface area contributed by atoms with Crippen LogP contribution in [0, 0.1) is 5.92 Å². The molecule has 1 aliphatic heterocycles. The molecule has 2 N–H and O–H groups in total. The van der Waals surface area contributed by atoms with Crippen LogP contribution in [0.25, 0.3) is 0 Å². The van der Waals surface area contributed by atoms with Crippen LogP contribution >= 0.6 is 0 Å². The molecule has 1 aliphatic carbocycles. The zero-order valence-corrected chi connectivity index (χ0v) is 9.08. The molecule has 4 heteroatoms. The third kappa shape index (κ3) is 2.37. The monoisotopic (exact) mass is 210 g/mol. The summed E-state index contributed by atoms with van der Waals surface area (Å²) in [6.07, 6.45) is 5.39. The Hall–Kier alpha value is -0.900. The van der Waals surface area contributed by atoms with Gasteiger partial charge in [0.2, 0.25) is 11.8 Å². The number of hydrogen-bond acceptors (Lipinski definition) is 3. The third-order valence-electron chi connectivity index (χ3n) is 3.54. The summed E-state index contributed by atoms with van der Waals surface area (Å²) < 4.78 is 0. The molecule has 1 saturated heterocycles. The van der Waals surface area contributed by atoms with E-state index < -0.39 is 0 Å². The summed E-state index contributed by atoms with van der Waals surface area (Å²) in [6, 6.07) is 0.0438. The second-order valence-electron chi connectivity index (χ2n) is 4.67. The van der Waals surface area contributed by atoms with Crippen LogP contribution in [0.2, 0.25) is 0 Å². The molecule has 0 aromatic heterocycles. The maximum absolute atomic E-state index is 11.3. The van der Waals surface area contributed by atoms with Crippen molar-refractivity contribution in [2.75, 3.05) is 0 Å². The van der Waals surface area contributed by atoms with E-state index in [1.54, 1.807) is 0 Å². The van der Waals surface area contributed by atoms with Gasteiger partial charge in [-0.15, -0.1) is 0 Å². The maximum atomic E-state index is 11.3. The molecule has 0 aromatic carbocycles. The molecule has 4 nitrogen and oxygen atoms in total. The van der Waals surface area contributed by atoms with E-state index in [0.717, 1.165) is 0 Å². The van der Waals surface area contributed by atoms with Crippen LogP contribution in [-0.2, 0) is 9.59 Å². The fraction of sp³-hybridized carbons (Fsp3) is 0.818. The number of rotatable bonds is 3.